The average Bonchev–Trinajstić information content (AvgIpc) is 2.63. The summed E-state index contributed by atoms with van der Waals surface area (Å²) in [6.07, 6.45) is 0. The molecule has 0 nitrogen and oxygen atoms in total. The minimum atomic E-state index is -1.81. The molecule has 2 aromatic carbocycles. The summed E-state index contributed by atoms with van der Waals surface area (Å²) in [7, 11) is 0. The first-order valence-electron chi connectivity index (χ1n) is 12.0. The summed E-state index contributed by atoms with van der Waals surface area (Å²) >= 11 is 1.90. The zero-order chi connectivity index (χ0) is 24.5. The molecule has 2 radical (unpaired) electrons. The molecule has 2 aromatic rings. The quantitative estimate of drug-likeness (QED) is 0.332. The van der Waals surface area contributed by atoms with Gasteiger partial charge in [0.05, 0.1) is 0 Å². The second kappa shape index (κ2) is 11.1. The predicted molar refractivity (Wildman–Crippen MR) is 151 cm³/mol. The van der Waals surface area contributed by atoms with Gasteiger partial charge in [0.2, 0.25) is 0 Å². The molecule has 0 heterocycles. The summed E-state index contributed by atoms with van der Waals surface area (Å²) in [5.41, 5.74) is 9.09. The zero-order valence-corrected chi connectivity index (χ0v) is 28.1. The Bertz CT molecular complexity index is 941. The molecule has 0 fully saturated rings. The van der Waals surface area contributed by atoms with Crippen LogP contribution in [0.15, 0.2) is 24.3 Å². The molecule has 0 N–H and O–H groups in total. The van der Waals surface area contributed by atoms with Crippen molar-refractivity contribution in [2.24, 2.45) is 0 Å². The van der Waals surface area contributed by atoms with E-state index in [9.17, 15) is 0 Å². The van der Waals surface area contributed by atoms with Gasteiger partial charge in [-0.2, -0.15) is 0 Å². The predicted octanol–water partition coefficient (Wildman–Crippen LogP) is 6.35. The molecule has 0 saturated heterocycles. The van der Waals surface area contributed by atoms with E-state index in [0.717, 1.165) is 0 Å². The van der Waals surface area contributed by atoms with Crippen LogP contribution in [0.4, 0.5) is 0 Å². The van der Waals surface area contributed by atoms with E-state index in [1.807, 2.05) is 0 Å². The third kappa shape index (κ3) is 6.53. The van der Waals surface area contributed by atoms with Gasteiger partial charge in [-0.15, -0.1) is 0 Å². The summed E-state index contributed by atoms with van der Waals surface area (Å²) < 4.78 is 5.42. The molecule has 0 amide bonds. The second-order valence-electron chi connectivity index (χ2n) is 11.3. The van der Waals surface area contributed by atoms with Gasteiger partial charge >= 0.3 is 219 Å². The number of benzene rings is 2. The fourth-order valence-electron chi connectivity index (χ4n) is 4.55. The van der Waals surface area contributed by atoms with Crippen LogP contribution >= 0.6 is 0 Å². The molecular weight excluding hydrogens is 575 g/mol. The normalized spacial score (nSPS) is 13.2. The second-order valence-corrected chi connectivity index (χ2v) is 26.4. The Hall–Kier alpha value is -0.0692. The molecular formula is C29H43AsGeSe. The molecule has 174 valence electrons. The summed E-state index contributed by atoms with van der Waals surface area (Å²) in [5, 5.41) is 0. The fraction of sp³-hybridized carbons (Fsp3) is 0.552. The Labute approximate surface area is 217 Å². The Kier molecular flexibility index (Phi) is 9.78. The monoisotopic (exact) mass is 620 g/mol. The van der Waals surface area contributed by atoms with Crippen molar-refractivity contribution < 1.29 is 0 Å². The first-order chi connectivity index (χ1) is 14.6. The van der Waals surface area contributed by atoms with E-state index in [2.05, 4.69) is 123 Å². The van der Waals surface area contributed by atoms with Crippen LogP contribution < -0.4 is 8.75 Å². The van der Waals surface area contributed by atoms with E-state index in [0.29, 0.717) is 22.0 Å². The van der Waals surface area contributed by atoms with E-state index in [-0.39, 0.29) is 15.3 Å². The fourth-order valence-corrected chi connectivity index (χ4v) is 25.1. The van der Waals surface area contributed by atoms with Crippen molar-refractivity contribution in [1.82, 2.24) is 0 Å². The Morgan fingerprint density at radius 2 is 1.22 bits per heavy atom. The van der Waals surface area contributed by atoms with Gasteiger partial charge in [0.15, 0.2) is 0 Å². The van der Waals surface area contributed by atoms with Crippen LogP contribution in [0.2, 0.25) is 4.25 Å². The average molecular weight is 618 g/mol. The number of aryl methyl sites for hydroxylation is 3. The molecule has 0 atom stereocenters. The molecule has 0 saturated carbocycles. The molecule has 0 aromatic heterocycles. The van der Waals surface area contributed by atoms with Crippen molar-refractivity contribution in [3.8, 4) is 0 Å². The van der Waals surface area contributed by atoms with E-state index >= 15 is 0 Å². The Balaban J connectivity index is 2.88. The first-order valence-corrected chi connectivity index (χ1v) is 17.9. The van der Waals surface area contributed by atoms with Crippen LogP contribution in [0.25, 0.3) is 0 Å². The van der Waals surface area contributed by atoms with Gasteiger partial charge in [-0.05, 0) is 0 Å². The molecule has 0 spiro atoms. The zero-order valence-electron chi connectivity index (χ0n) is 22.4. The summed E-state index contributed by atoms with van der Waals surface area (Å²) in [5.74, 6) is 1.67. The Morgan fingerprint density at radius 3 is 1.56 bits per heavy atom. The van der Waals surface area contributed by atoms with Crippen LogP contribution in [-0.4, -0.2) is 47.7 Å². The van der Waals surface area contributed by atoms with E-state index in [1.165, 1.54) is 22.3 Å². The van der Waals surface area contributed by atoms with Crippen molar-refractivity contribution in [1.29, 1.82) is 0 Å². The third-order valence-electron chi connectivity index (χ3n) is 6.19. The molecule has 0 aliphatic carbocycles. The SMILES string of the molecule is Cc1cc(C)c([As]=[C]([Se])[Ge]([c]2c(C(C)C)cc(C(C)C)cc2C(C)C)[C](C)(C)C)c(C)c1. The molecule has 32 heavy (non-hydrogen) atoms. The molecule has 0 unspecified atom stereocenters. The van der Waals surface area contributed by atoms with Crippen LogP contribution in [0.1, 0.15) is 113 Å². The molecule has 2 rings (SSSR count). The number of hydrogen-bond acceptors (Lipinski definition) is 0. The summed E-state index contributed by atoms with van der Waals surface area (Å²) in [6, 6.07) is 9.86. The van der Waals surface area contributed by atoms with Gasteiger partial charge in [-0.1, -0.05) is 0 Å². The van der Waals surface area contributed by atoms with Crippen molar-refractivity contribution >= 4 is 56.5 Å². The van der Waals surface area contributed by atoms with Gasteiger partial charge in [0, 0.05) is 0 Å². The molecule has 0 aliphatic heterocycles. The van der Waals surface area contributed by atoms with Crippen LogP contribution in [0.3, 0.4) is 0 Å². The van der Waals surface area contributed by atoms with Crippen molar-refractivity contribution in [2.75, 3.05) is 0 Å². The maximum absolute atomic E-state index is 3.70. The molecule has 0 bridgehead atoms. The number of rotatable bonds is 6. The minimum absolute atomic E-state index is 0.00969. The van der Waals surface area contributed by atoms with Crippen molar-refractivity contribution in [3.05, 3.63) is 57.6 Å². The summed E-state index contributed by atoms with van der Waals surface area (Å²) in [4.78, 5) is 0. The standard InChI is InChI=1S/C29H43AsGeSe/c1-17(2)23-15-24(18(3)4)27(25(16-23)19(5)6)31(29(10,11)12)28(32)30-26-21(8)13-20(7)14-22(26)9/h13-19H,1-12H3. The molecule has 3 heteroatoms. The Morgan fingerprint density at radius 1 is 0.781 bits per heavy atom. The van der Waals surface area contributed by atoms with Crippen molar-refractivity contribution in [3.63, 3.8) is 0 Å². The summed E-state index contributed by atoms with van der Waals surface area (Å²) in [6.45, 7) is 28.6. The topological polar surface area (TPSA) is 0 Å². The van der Waals surface area contributed by atoms with Crippen molar-refractivity contribution in [2.45, 2.75) is 105 Å². The van der Waals surface area contributed by atoms with Gasteiger partial charge in [0.1, 0.15) is 0 Å². The third-order valence-corrected chi connectivity index (χ3v) is 21.8. The van der Waals surface area contributed by atoms with E-state index < -0.39 is 14.3 Å². The van der Waals surface area contributed by atoms with Crippen LogP contribution in [-0.2, 0) is 0 Å². The number of hydrogen-bond donors (Lipinski definition) is 0. The van der Waals surface area contributed by atoms with E-state index in [1.54, 1.807) is 21.9 Å². The maximum atomic E-state index is 3.70. The van der Waals surface area contributed by atoms with Gasteiger partial charge in [-0.3, -0.25) is 0 Å². The van der Waals surface area contributed by atoms with Gasteiger partial charge in [0.25, 0.3) is 0 Å². The van der Waals surface area contributed by atoms with Gasteiger partial charge < -0.3 is 0 Å². The van der Waals surface area contributed by atoms with E-state index in [4.69, 9.17) is 0 Å². The van der Waals surface area contributed by atoms with Gasteiger partial charge in [-0.25, -0.2) is 0 Å². The van der Waals surface area contributed by atoms with Crippen LogP contribution in [0, 0.1) is 20.8 Å². The molecule has 0 aliphatic rings. The first kappa shape index (κ1) is 28.2. The van der Waals surface area contributed by atoms with Crippen LogP contribution in [0.5, 0.6) is 0 Å².